The summed E-state index contributed by atoms with van der Waals surface area (Å²) in [6, 6.07) is 0. The standard InChI is InChI=1S/C12H22O2/c1-6-8(2)10-9(3)7-12(4,5)11(13)14-10/h8-10H,6-7H2,1-5H3. The monoisotopic (exact) mass is 198 g/mol. The summed E-state index contributed by atoms with van der Waals surface area (Å²) >= 11 is 0. The number of carbonyl (C=O) groups excluding carboxylic acids is 1. The molecule has 0 aromatic rings. The van der Waals surface area contributed by atoms with E-state index >= 15 is 0 Å². The smallest absolute Gasteiger partial charge is 0.311 e. The summed E-state index contributed by atoms with van der Waals surface area (Å²) in [5, 5.41) is 0. The zero-order chi connectivity index (χ0) is 10.9. The fourth-order valence-corrected chi connectivity index (χ4v) is 2.31. The van der Waals surface area contributed by atoms with Crippen molar-refractivity contribution < 1.29 is 9.53 Å². The Morgan fingerprint density at radius 2 is 2.14 bits per heavy atom. The molecule has 0 aromatic heterocycles. The van der Waals surface area contributed by atoms with E-state index in [1.807, 2.05) is 13.8 Å². The molecule has 1 heterocycles. The molecule has 3 atom stereocenters. The molecule has 0 bridgehead atoms. The third-order valence-electron chi connectivity index (χ3n) is 3.39. The highest BCUT2D eigenvalue weighted by Crippen LogP contribution is 2.38. The average Bonchev–Trinajstić information content (AvgIpc) is 2.09. The molecular weight excluding hydrogens is 176 g/mol. The van der Waals surface area contributed by atoms with E-state index in [1.165, 1.54) is 0 Å². The number of rotatable bonds is 2. The molecule has 3 unspecified atom stereocenters. The molecule has 14 heavy (non-hydrogen) atoms. The number of carbonyl (C=O) groups is 1. The van der Waals surface area contributed by atoms with E-state index in [2.05, 4.69) is 20.8 Å². The van der Waals surface area contributed by atoms with Crippen molar-refractivity contribution >= 4 is 5.97 Å². The fourth-order valence-electron chi connectivity index (χ4n) is 2.31. The molecule has 2 heteroatoms. The maximum absolute atomic E-state index is 11.7. The maximum atomic E-state index is 11.7. The average molecular weight is 198 g/mol. The maximum Gasteiger partial charge on any atom is 0.311 e. The third-order valence-corrected chi connectivity index (χ3v) is 3.39. The Labute approximate surface area is 87.0 Å². The number of hydrogen-bond donors (Lipinski definition) is 0. The lowest BCUT2D eigenvalue weighted by Gasteiger charge is -2.40. The summed E-state index contributed by atoms with van der Waals surface area (Å²) in [5.74, 6) is 0.934. The minimum Gasteiger partial charge on any atom is -0.461 e. The Kier molecular flexibility index (Phi) is 3.23. The summed E-state index contributed by atoms with van der Waals surface area (Å²) < 4.78 is 5.53. The molecule has 1 fully saturated rings. The van der Waals surface area contributed by atoms with Gasteiger partial charge in [0, 0.05) is 0 Å². The highest BCUT2D eigenvalue weighted by molar-refractivity contribution is 5.76. The predicted molar refractivity (Wildman–Crippen MR) is 56.9 cm³/mol. The molecule has 0 aliphatic carbocycles. The van der Waals surface area contributed by atoms with Crippen LogP contribution in [0.25, 0.3) is 0 Å². The van der Waals surface area contributed by atoms with Crippen molar-refractivity contribution in [2.75, 3.05) is 0 Å². The van der Waals surface area contributed by atoms with Crippen LogP contribution in [-0.4, -0.2) is 12.1 Å². The summed E-state index contributed by atoms with van der Waals surface area (Å²) in [7, 11) is 0. The molecule has 1 aliphatic heterocycles. The van der Waals surface area contributed by atoms with Crippen LogP contribution in [0.4, 0.5) is 0 Å². The summed E-state index contributed by atoms with van der Waals surface area (Å²) in [4.78, 5) is 11.7. The SMILES string of the molecule is CCC(C)C1OC(=O)C(C)(C)CC1C. The van der Waals surface area contributed by atoms with Gasteiger partial charge in [-0.1, -0.05) is 27.2 Å². The van der Waals surface area contributed by atoms with Crippen LogP contribution in [0.1, 0.15) is 47.5 Å². The number of ether oxygens (including phenoxy) is 1. The number of hydrogen-bond acceptors (Lipinski definition) is 2. The summed E-state index contributed by atoms with van der Waals surface area (Å²) in [6.07, 6.45) is 2.14. The highest BCUT2D eigenvalue weighted by Gasteiger charge is 2.42. The second kappa shape index (κ2) is 3.92. The van der Waals surface area contributed by atoms with Crippen LogP contribution >= 0.6 is 0 Å². The largest absolute Gasteiger partial charge is 0.461 e. The molecule has 0 amide bonds. The highest BCUT2D eigenvalue weighted by atomic mass is 16.5. The zero-order valence-corrected chi connectivity index (χ0v) is 9.96. The van der Waals surface area contributed by atoms with Crippen LogP contribution in [-0.2, 0) is 9.53 Å². The Bertz CT molecular complexity index is 220. The molecule has 1 rings (SSSR count). The predicted octanol–water partition coefficient (Wildman–Crippen LogP) is 3.01. The van der Waals surface area contributed by atoms with Gasteiger partial charge in [-0.3, -0.25) is 4.79 Å². The molecule has 0 saturated carbocycles. The van der Waals surface area contributed by atoms with E-state index in [0.29, 0.717) is 11.8 Å². The summed E-state index contributed by atoms with van der Waals surface area (Å²) in [5.41, 5.74) is -0.288. The minimum absolute atomic E-state index is 0.0269. The minimum atomic E-state index is -0.288. The van der Waals surface area contributed by atoms with Gasteiger partial charge in [0.1, 0.15) is 6.10 Å². The van der Waals surface area contributed by atoms with Gasteiger partial charge in [0.15, 0.2) is 0 Å². The van der Waals surface area contributed by atoms with Gasteiger partial charge in [-0.15, -0.1) is 0 Å². The van der Waals surface area contributed by atoms with Gasteiger partial charge in [-0.25, -0.2) is 0 Å². The second-order valence-electron chi connectivity index (χ2n) is 5.32. The molecule has 0 radical (unpaired) electrons. The molecule has 82 valence electrons. The van der Waals surface area contributed by atoms with Crippen LogP contribution in [0.15, 0.2) is 0 Å². The first kappa shape index (κ1) is 11.5. The van der Waals surface area contributed by atoms with Crippen molar-refractivity contribution in [3.8, 4) is 0 Å². The fraction of sp³-hybridized carbons (Fsp3) is 0.917. The second-order valence-corrected chi connectivity index (χ2v) is 5.32. The van der Waals surface area contributed by atoms with Gasteiger partial charge < -0.3 is 4.74 Å². The van der Waals surface area contributed by atoms with Gasteiger partial charge >= 0.3 is 5.97 Å². The number of esters is 1. The Hall–Kier alpha value is -0.530. The van der Waals surface area contributed by atoms with Crippen molar-refractivity contribution in [2.24, 2.45) is 17.3 Å². The normalized spacial score (nSPS) is 33.6. The van der Waals surface area contributed by atoms with Gasteiger partial charge in [0.2, 0.25) is 0 Å². The van der Waals surface area contributed by atoms with E-state index in [1.54, 1.807) is 0 Å². The van der Waals surface area contributed by atoms with Crippen LogP contribution < -0.4 is 0 Å². The van der Waals surface area contributed by atoms with Crippen molar-refractivity contribution in [2.45, 2.75) is 53.6 Å². The molecule has 1 aliphatic rings. The Morgan fingerprint density at radius 1 is 1.57 bits per heavy atom. The van der Waals surface area contributed by atoms with Crippen LogP contribution in [0.5, 0.6) is 0 Å². The van der Waals surface area contributed by atoms with Crippen molar-refractivity contribution in [3.05, 3.63) is 0 Å². The van der Waals surface area contributed by atoms with Crippen molar-refractivity contribution in [3.63, 3.8) is 0 Å². The van der Waals surface area contributed by atoms with E-state index in [4.69, 9.17) is 4.74 Å². The van der Waals surface area contributed by atoms with Crippen molar-refractivity contribution in [1.29, 1.82) is 0 Å². The molecule has 2 nitrogen and oxygen atoms in total. The lowest BCUT2D eigenvalue weighted by molar-refractivity contribution is -0.177. The summed E-state index contributed by atoms with van der Waals surface area (Å²) in [6.45, 7) is 10.4. The van der Waals surface area contributed by atoms with E-state index < -0.39 is 0 Å². The molecule has 0 spiro atoms. The molecular formula is C12H22O2. The Balaban J connectivity index is 2.72. The first-order chi connectivity index (χ1) is 6.38. The van der Waals surface area contributed by atoms with E-state index in [9.17, 15) is 4.79 Å². The Morgan fingerprint density at radius 3 is 2.64 bits per heavy atom. The van der Waals surface area contributed by atoms with Crippen molar-refractivity contribution in [1.82, 2.24) is 0 Å². The van der Waals surface area contributed by atoms with Gasteiger partial charge in [-0.2, -0.15) is 0 Å². The topological polar surface area (TPSA) is 26.3 Å². The zero-order valence-electron chi connectivity index (χ0n) is 9.96. The molecule has 1 saturated heterocycles. The third kappa shape index (κ3) is 2.10. The van der Waals surface area contributed by atoms with Crippen LogP contribution in [0.2, 0.25) is 0 Å². The molecule has 0 aromatic carbocycles. The lowest BCUT2D eigenvalue weighted by atomic mass is 9.76. The van der Waals surface area contributed by atoms with Gasteiger partial charge in [0.05, 0.1) is 5.41 Å². The van der Waals surface area contributed by atoms with E-state index in [0.717, 1.165) is 12.8 Å². The van der Waals surface area contributed by atoms with E-state index in [-0.39, 0.29) is 17.5 Å². The number of cyclic esters (lactones) is 1. The quantitative estimate of drug-likeness (QED) is 0.637. The van der Waals surface area contributed by atoms with Crippen LogP contribution in [0, 0.1) is 17.3 Å². The van der Waals surface area contributed by atoms with Gasteiger partial charge in [-0.05, 0) is 32.1 Å². The first-order valence-corrected chi connectivity index (χ1v) is 5.59. The van der Waals surface area contributed by atoms with Crippen LogP contribution in [0.3, 0.4) is 0 Å². The lowest BCUT2D eigenvalue weighted by Crippen LogP contribution is -2.44. The van der Waals surface area contributed by atoms with Gasteiger partial charge in [0.25, 0.3) is 0 Å². The molecule has 0 N–H and O–H groups in total. The first-order valence-electron chi connectivity index (χ1n) is 5.59.